The first-order valence-corrected chi connectivity index (χ1v) is 8.99. The molecule has 0 aliphatic heterocycles. The van der Waals surface area contributed by atoms with Crippen LogP contribution in [0.3, 0.4) is 0 Å². The van der Waals surface area contributed by atoms with Crippen molar-refractivity contribution in [3.05, 3.63) is 107 Å². The number of fused-ring (bicyclic) bond motifs is 1. The van der Waals surface area contributed by atoms with Crippen LogP contribution >= 0.6 is 0 Å². The average molecular weight is 352 g/mol. The van der Waals surface area contributed by atoms with E-state index in [9.17, 15) is 4.79 Å². The summed E-state index contributed by atoms with van der Waals surface area (Å²) >= 11 is 0. The Balaban J connectivity index is 1.60. The van der Waals surface area contributed by atoms with Gasteiger partial charge in [0.15, 0.2) is 5.78 Å². The SMILES string of the molecule is Cc1ccc(C)c(C(=O)c2ccc(Oc3cccc4ccccc34)cc2)c1. The Hall–Kier alpha value is -3.39. The van der Waals surface area contributed by atoms with Gasteiger partial charge in [0.05, 0.1) is 0 Å². The lowest BCUT2D eigenvalue weighted by molar-refractivity contribution is 0.103. The van der Waals surface area contributed by atoms with Crippen molar-refractivity contribution < 1.29 is 9.53 Å². The van der Waals surface area contributed by atoms with E-state index in [1.54, 1.807) is 0 Å². The zero-order valence-electron chi connectivity index (χ0n) is 15.4. The molecule has 27 heavy (non-hydrogen) atoms. The van der Waals surface area contributed by atoms with Crippen molar-refractivity contribution in [2.75, 3.05) is 0 Å². The summed E-state index contributed by atoms with van der Waals surface area (Å²) in [5.41, 5.74) is 3.48. The van der Waals surface area contributed by atoms with Crippen LogP contribution in [0.15, 0.2) is 84.9 Å². The van der Waals surface area contributed by atoms with Crippen LogP contribution in [0.2, 0.25) is 0 Å². The number of rotatable bonds is 4. The summed E-state index contributed by atoms with van der Waals surface area (Å²) < 4.78 is 6.06. The van der Waals surface area contributed by atoms with Gasteiger partial charge in [0.25, 0.3) is 0 Å². The van der Waals surface area contributed by atoms with Gasteiger partial charge in [0, 0.05) is 16.5 Å². The van der Waals surface area contributed by atoms with Crippen LogP contribution in [0.1, 0.15) is 27.0 Å². The molecule has 2 nitrogen and oxygen atoms in total. The van der Waals surface area contributed by atoms with Crippen LogP contribution < -0.4 is 4.74 Å². The summed E-state index contributed by atoms with van der Waals surface area (Å²) in [5.74, 6) is 1.55. The lowest BCUT2D eigenvalue weighted by atomic mass is 9.97. The zero-order chi connectivity index (χ0) is 18.8. The first kappa shape index (κ1) is 17.0. The van der Waals surface area contributed by atoms with E-state index in [1.165, 1.54) is 0 Å². The van der Waals surface area contributed by atoms with Crippen molar-refractivity contribution in [2.45, 2.75) is 13.8 Å². The lowest BCUT2D eigenvalue weighted by Gasteiger charge is -2.10. The molecule has 0 aliphatic rings. The molecule has 0 amide bonds. The van der Waals surface area contributed by atoms with E-state index in [2.05, 4.69) is 12.1 Å². The van der Waals surface area contributed by atoms with Crippen LogP contribution in [-0.2, 0) is 0 Å². The molecular weight excluding hydrogens is 332 g/mol. The van der Waals surface area contributed by atoms with Gasteiger partial charge in [0.1, 0.15) is 11.5 Å². The average Bonchev–Trinajstić information content (AvgIpc) is 2.70. The Kier molecular flexibility index (Phi) is 4.47. The fourth-order valence-electron chi connectivity index (χ4n) is 3.22. The van der Waals surface area contributed by atoms with E-state index in [0.29, 0.717) is 11.3 Å². The van der Waals surface area contributed by atoms with Crippen LogP contribution in [0, 0.1) is 13.8 Å². The molecule has 4 rings (SSSR count). The minimum Gasteiger partial charge on any atom is -0.457 e. The molecule has 0 bridgehead atoms. The molecule has 0 aromatic heterocycles. The van der Waals surface area contributed by atoms with Gasteiger partial charge in [-0.15, -0.1) is 0 Å². The van der Waals surface area contributed by atoms with Crippen molar-refractivity contribution in [2.24, 2.45) is 0 Å². The molecule has 0 unspecified atom stereocenters. The highest BCUT2D eigenvalue weighted by Gasteiger charge is 2.12. The van der Waals surface area contributed by atoms with Crippen LogP contribution in [0.5, 0.6) is 11.5 Å². The van der Waals surface area contributed by atoms with E-state index < -0.39 is 0 Å². The third-order valence-corrected chi connectivity index (χ3v) is 4.73. The molecule has 0 heterocycles. The standard InChI is InChI=1S/C25H20O2/c1-17-10-11-18(2)23(16-17)25(26)20-12-14-21(15-13-20)27-24-9-5-7-19-6-3-4-8-22(19)24/h3-16H,1-2H3. The minimum atomic E-state index is 0.0351. The maximum atomic E-state index is 12.8. The van der Waals surface area contributed by atoms with Crippen molar-refractivity contribution in [3.63, 3.8) is 0 Å². The predicted molar refractivity (Wildman–Crippen MR) is 110 cm³/mol. The third kappa shape index (κ3) is 3.47. The monoisotopic (exact) mass is 352 g/mol. The highest BCUT2D eigenvalue weighted by Crippen LogP contribution is 2.30. The second-order valence-corrected chi connectivity index (χ2v) is 6.75. The molecule has 0 radical (unpaired) electrons. The molecule has 0 saturated carbocycles. The molecule has 0 aliphatic carbocycles. The number of hydrogen-bond donors (Lipinski definition) is 0. The minimum absolute atomic E-state index is 0.0351. The smallest absolute Gasteiger partial charge is 0.193 e. The van der Waals surface area contributed by atoms with E-state index in [4.69, 9.17) is 4.74 Å². The summed E-state index contributed by atoms with van der Waals surface area (Å²) in [6.07, 6.45) is 0. The van der Waals surface area contributed by atoms with Gasteiger partial charge in [-0.3, -0.25) is 4.79 Å². The molecule has 2 heteroatoms. The number of aryl methyl sites for hydroxylation is 2. The highest BCUT2D eigenvalue weighted by molar-refractivity contribution is 6.10. The molecule has 4 aromatic carbocycles. The third-order valence-electron chi connectivity index (χ3n) is 4.73. The van der Waals surface area contributed by atoms with Crippen molar-refractivity contribution >= 4 is 16.6 Å². The fraction of sp³-hybridized carbons (Fsp3) is 0.0800. The Morgan fingerprint density at radius 3 is 2.33 bits per heavy atom. The Morgan fingerprint density at radius 1 is 0.778 bits per heavy atom. The molecule has 0 fully saturated rings. The molecule has 0 spiro atoms. The van der Waals surface area contributed by atoms with Crippen LogP contribution in [0.4, 0.5) is 0 Å². The van der Waals surface area contributed by atoms with Crippen LogP contribution in [0.25, 0.3) is 10.8 Å². The van der Waals surface area contributed by atoms with Gasteiger partial charge < -0.3 is 4.74 Å². The van der Waals surface area contributed by atoms with Crippen LogP contribution in [-0.4, -0.2) is 5.78 Å². The van der Waals surface area contributed by atoms with Gasteiger partial charge in [0.2, 0.25) is 0 Å². The summed E-state index contributed by atoms with van der Waals surface area (Å²) in [6, 6.07) is 27.4. The number of ether oxygens (including phenoxy) is 1. The maximum Gasteiger partial charge on any atom is 0.193 e. The molecule has 0 saturated heterocycles. The topological polar surface area (TPSA) is 26.3 Å². The number of carbonyl (C=O) groups is 1. The second-order valence-electron chi connectivity index (χ2n) is 6.75. The van der Waals surface area contributed by atoms with Crippen molar-refractivity contribution in [1.29, 1.82) is 0 Å². The van der Waals surface area contributed by atoms with E-state index in [0.717, 1.165) is 33.2 Å². The van der Waals surface area contributed by atoms with Gasteiger partial charge >= 0.3 is 0 Å². The predicted octanol–water partition coefficient (Wildman–Crippen LogP) is 6.48. The Bertz CT molecular complexity index is 1120. The first-order chi connectivity index (χ1) is 13.1. The maximum absolute atomic E-state index is 12.8. The van der Waals surface area contributed by atoms with E-state index in [-0.39, 0.29) is 5.78 Å². The molecule has 132 valence electrons. The Morgan fingerprint density at radius 2 is 1.52 bits per heavy atom. The summed E-state index contributed by atoms with van der Waals surface area (Å²) in [6.45, 7) is 3.96. The van der Waals surface area contributed by atoms with Gasteiger partial charge in [-0.1, -0.05) is 54.1 Å². The summed E-state index contributed by atoms with van der Waals surface area (Å²) in [4.78, 5) is 12.8. The van der Waals surface area contributed by atoms with Crippen molar-refractivity contribution in [1.82, 2.24) is 0 Å². The highest BCUT2D eigenvalue weighted by atomic mass is 16.5. The molecular formula is C25H20O2. The van der Waals surface area contributed by atoms with Crippen molar-refractivity contribution in [3.8, 4) is 11.5 Å². The largest absolute Gasteiger partial charge is 0.457 e. The molecule has 0 N–H and O–H groups in total. The van der Waals surface area contributed by atoms with E-state index >= 15 is 0 Å². The number of hydrogen-bond acceptors (Lipinski definition) is 2. The fourth-order valence-corrected chi connectivity index (χ4v) is 3.22. The lowest BCUT2D eigenvalue weighted by Crippen LogP contribution is -2.04. The Labute approximate surface area is 159 Å². The summed E-state index contributed by atoms with van der Waals surface area (Å²) in [5, 5.41) is 2.20. The molecule has 0 atom stereocenters. The summed E-state index contributed by atoms with van der Waals surface area (Å²) in [7, 11) is 0. The quantitative estimate of drug-likeness (QED) is 0.393. The number of ketones is 1. The van der Waals surface area contributed by atoms with E-state index in [1.807, 2.05) is 86.6 Å². The second kappa shape index (κ2) is 7.08. The zero-order valence-corrected chi connectivity index (χ0v) is 15.4. The molecule has 4 aromatic rings. The first-order valence-electron chi connectivity index (χ1n) is 8.99. The number of carbonyl (C=O) groups excluding carboxylic acids is 1. The normalized spacial score (nSPS) is 10.7. The van der Waals surface area contributed by atoms with Gasteiger partial charge in [-0.05, 0) is 61.2 Å². The van der Waals surface area contributed by atoms with Gasteiger partial charge in [-0.2, -0.15) is 0 Å². The number of benzene rings is 4. The van der Waals surface area contributed by atoms with Gasteiger partial charge in [-0.25, -0.2) is 0 Å².